The topological polar surface area (TPSA) is 30.2 Å². The molecule has 2 nitrogen and oxygen atoms in total. The first-order chi connectivity index (χ1) is 8.17. The van der Waals surface area contributed by atoms with E-state index >= 15 is 0 Å². The smallest absolute Gasteiger partial charge is 0.223 e. The first kappa shape index (κ1) is 11.6. The Kier molecular flexibility index (Phi) is 3.14. The van der Waals surface area contributed by atoms with Gasteiger partial charge in [0, 0.05) is 5.39 Å². The van der Waals surface area contributed by atoms with E-state index in [1.807, 2.05) is 51.1 Å². The Morgan fingerprint density at radius 1 is 1.41 bits per heavy atom. The molecule has 88 valence electrons. The van der Waals surface area contributed by atoms with Gasteiger partial charge >= 0.3 is 0 Å². The van der Waals surface area contributed by atoms with E-state index in [-0.39, 0.29) is 5.78 Å². The van der Waals surface area contributed by atoms with E-state index < -0.39 is 0 Å². The van der Waals surface area contributed by atoms with Gasteiger partial charge in [0.15, 0.2) is 5.76 Å². The molecule has 0 aliphatic carbocycles. The number of rotatable bonds is 3. The summed E-state index contributed by atoms with van der Waals surface area (Å²) < 4.78 is 5.65. The van der Waals surface area contributed by atoms with Gasteiger partial charge < -0.3 is 4.42 Å². The summed E-state index contributed by atoms with van der Waals surface area (Å²) in [6.45, 7) is 5.84. The van der Waals surface area contributed by atoms with Gasteiger partial charge in [0.05, 0.1) is 0 Å². The zero-order chi connectivity index (χ0) is 12.4. The summed E-state index contributed by atoms with van der Waals surface area (Å²) in [5, 5.41) is 0.986. The molecule has 1 aromatic carbocycles. The quantitative estimate of drug-likeness (QED) is 0.579. The fraction of sp³-hybridized carbons (Fsp3) is 0.267. The number of aryl methyl sites for hydroxylation is 1. The van der Waals surface area contributed by atoms with Crippen LogP contribution >= 0.6 is 0 Å². The summed E-state index contributed by atoms with van der Waals surface area (Å²) in [6, 6.07) is 7.74. The van der Waals surface area contributed by atoms with Crippen LogP contribution in [0.2, 0.25) is 0 Å². The molecule has 0 aliphatic heterocycles. The van der Waals surface area contributed by atoms with Gasteiger partial charge in [-0.15, -0.1) is 0 Å². The van der Waals surface area contributed by atoms with Crippen molar-refractivity contribution >= 4 is 16.8 Å². The Hall–Kier alpha value is -1.83. The summed E-state index contributed by atoms with van der Waals surface area (Å²) in [7, 11) is 0. The van der Waals surface area contributed by atoms with Crippen LogP contribution in [0.5, 0.6) is 0 Å². The molecule has 2 heteroatoms. The highest BCUT2D eigenvalue weighted by Gasteiger charge is 2.15. The number of fused-ring (bicyclic) bond motifs is 1. The van der Waals surface area contributed by atoms with Crippen LogP contribution < -0.4 is 0 Å². The molecule has 2 aromatic rings. The summed E-state index contributed by atoms with van der Waals surface area (Å²) in [5.74, 6) is 0.426. The second-order valence-electron chi connectivity index (χ2n) is 4.10. The van der Waals surface area contributed by atoms with E-state index in [0.717, 1.165) is 28.5 Å². The molecule has 0 atom stereocenters. The molecule has 0 saturated heterocycles. The lowest BCUT2D eigenvalue weighted by molar-refractivity contribution is 0.100. The van der Waals surface area contributed by atoms with Crippen molar-refractivity contribution in [2.75, 3.05) is 0 Å². The van der Waals surface area contributed by atoms with E-state index in [1.165, 1.54) is 0 Å². The molecular weight excluding hydrogens is 212 g/mol. The average Bonchev–Trinajstić information content (AvgIpc) is 2.76. The normalized spacial score (nSPS) is 12.1. The lowest BCUT2D eigenvalue weighted by Crippen LogP contribution is -2.00. The number of hydrogen-bond acceptors (Lipinski definition) is 2. The lowest BCUT2D eigenvalue weighted by Gasteiger charge is -1.98. The van der Waals surface area contributed by atoms with Crippen molar-refractivity contribution in [1.29, 1.82) is 0 Å². The molecule has 1 aromatic heterocycles. The number of benzene rings is 1. The second-order valence-corrected chi connectivity index (χ2v) is 4.10. The molecule has 0 amide bonds. The van der Waals surface area contributed by atoms with Crippen LogP contribution in [0.15, 0.2) is 40.3 Å². The predicted molar refractivity (Wildman–Crippen MR) is 69.3 cm³/mol. The Bertz CT molecular complexity index is 588. The maximum Gasteiger partial charge on any atom is 0.223 e. The molecule has 0 fully saturated rings. The van der Waals surface area contributed by atoms with Crippen LogP contribution in [-0.4, -0.2) is 5.78 Å². The van der Waals surface area contributed by atoms with Crippen LogP contribution in [0, 0.1) is 6.92 Å². The first-order valence-corrected chi connectivity index (χ1v) is 5.86. The molecule has 0 N–H and O–H groups in total. The minimum absolute atomic E-state index is 0.00870. The predicted octanol–water partition coefficient (Wildman–Crippen LogP) is 4.28. The SMILES string of the molecule is C/C=C(/CC)C(=O)c1cc2cccc(C)c2o1. The Morgan fingerprint density at radius 2 is 2.18 bits per heavy atom. The molecule has 1 heterocycles. The van der Waals surface area contributed by atoms with E-state index in [0.29, 0.717) is 5.76 Å². The second kappa shape index (κ2) is 4.58. The van der Waals surface area contributed by atoms with Crippen molar-refractivity contribution in [2.45, 2.75) is 27.2 Å². The molecule has 0 bridgehead atoms. The van der Waals surface area contributed by atoms with Gasteiger partial charge in [-0.05, 0) is 37.5 Å². The van der Waals surface area contributed by atoms with E-state index in [4.69, 9.17) is 4.42 Å². The van der Waals surface area contributed by atoms with Gasteiger partial charge in [0.1, 0.15) is 5.58 Å². The third-order valence-corrected chi connectivity index (χ3v) is 2.99. The lowest BCUT2D eigenvalue weighted by atomic mass is 10.1. The minimum atomic E-state index is -0.00870. The van der Waals surface area contributed by atoms with Crippen LogP contribution in [0.4, 0.5) is 0 Å². The molecule has 0 unspecified atom stereocenters. The highest BCUT2D eigenvalue weighted by molar-refractivity contribution is 6.08. The zero-order valence-corrected chi connectivity index (χ0v) is 10.4. The van der Waals surface area contributed by atoms with Gasteiger partial charge in [0.25, 0.3) is 0 Å². The fourth-order valence-electron chi connectivity index (χ4n) is 1.97. The number of carbonyl (C=O) groups excluding carboxylic acids is 1. The van der Waals surface area contributed by atoms with Crippen LogP contribution in [0.3, 0.4) is 0 Å². The van der Waals surface area contributed by atoms with Gasteiger partial charge in [-0.2, -0.15) is 0 Å². The Labute approximate surface area is 101 Å². The molecule has 0 saturated carbocycles. The number of carbonyl (C=O) groups is 1. The maximum absolute atomic E-state index is 12.1. The summed E-state index contributed by atoms with van der Waals surface area (Å²) in [5.41, 5.74) is 2.66. The highest BCUT2D eigenvalue weighted by atomic mass is 16.3. The van der Waals surface area contributed by atoms with Crippen molar-refractivity contribution < 1.29 is 9.21 Å². The van der Waals surface area contributed by atoms with Crippen molar-refractivity contribution in [1.82, 2.24) is 0 Å². The van der Waals surface area contributed by atoms with Crippen molar-refractivity contribution in [3.63, 3.8) is 0 Å². The summed E-state index contributed by atoms with van der Waals surface area (Å²) in [6.07, 6.45) is 2.58. The largest absolute Gasteiger partial charge is 0.452 e. The van der Waals surface area contributed by atoms with Crippen LogP contribution in [0.1, 0.15) is 36.4 Å². The summed E-state index contributed by atoms with van der Waals surface area (Å²) in [4.78, 5) is 12.1. The van der Waals surface area contributed by atoms with Gasteiger partial charge in [0.2, 0.25) is 5.78 Å². The standard InChI is InChI=1S/C15H16O2/c1-4-11(5-2)14(16)13-9-12-8-6-7-10(3)15(12)17-13/h4,6-9H,5H2,1-3H3/b11-4-. The number of furan rings is 1. The average molecular weight is 228 g/mol. The molecule has 2 rings (SSSR count). The molecule has 17 heavy (non-hydrogen) atoms. The number of allylic oxidation sites excluding steroid dienone is 2. The number of hydrogen-bond donors (Lipinski definition) is 0. The van der Waals surface area contributed by atoms with E-state index in [2.05, 4.69) is 0 Å². The number of ketones is 1. The van der Waals surface area contributed by atoms with Gasteiger partial charge in [-0.25, -0.2) is 0 Å². The monoisotopic (exact) mass is 228 g/mol. The molecule has 0 radical (unpaired) electrons. The van der Waals surface area contributed by atoms with Gasteiger partial charge in [-0.1, -0.05) is 31.2 Å². The molecule has 0 aliphatic rings. The van der Waals surface area contributed by atoms with E-state index in [9.17, 15) is 4.79 Å². The van der Waals surface area contributed by atoms with Crippen molar-refractivity contribution in [3.05, 3.63) is 47.2 Å². The van der Waals surface area contributed by atoms with Gasteiger partial charge in [-0.3, -0.25) is 4.79 Å². The Balaban J connectivity index is 2.51. The number of Topliss-reactive ketones (excluding diaryl/α,β-unsaturated/α-hetero) is 1. The third kappa shape index (κ3) is 2.03. The minimum Gasteiger partial charge on any atom is -0.452 e. The highest BCUT2D eigenvalue weighted by Crippen LogP contribution is 2.24. The molecular formula is C15H16O2. The zero-order valence-electron chi connectivity index (χ0n) is 10.4. The van der Waals surface area contributed by atoms with Crippen LogP contribution in [0.25, 0.3) is 11.0 Å². The Morgan fingerprint density at radius 3 is 2.76 bits per heavy atom. The van der Waals surface area contributed by atoms with Crippen LogP contribution in [-0.2, 0) is 0 Å². The first-order valence-electron chi connectivity index (χ1n) is 5.86. The summed E-state index contributed by atoms with van der Waals surface area (Å²) >= 11 is 0. The van der Waals surface area contributed by atoms with E-state index in [1.54, 1.807) is 0 Å². The van der Waals surface area contributed by atoms with Crippen molar-refractivity contribution in [3.8, 4) is 0 Å². The molecule has 0 spiro atoms. The maximum atomic E-state index is 12.1. The van der Waals surface area contributed by atoms with Crippen molar-refractivity contribution in [2.24, 2.45) is 0 Å². The fourth-order valence-corrected chi connectivity index (χ4v) is 1.97. The number of para-hydroxylation sites is 1. The third-order valence-electron chi connectivity index (χ3n) is 2.99.